The minimum Gasteiger partial charge on any atom is -0.461 e. The maximum Gasteiger partial charge on any atom is 0.241 e. The minimum absolute atomic E-state index is 0.0668. The molecule has 2 aromatic heterocycles. The number of hydrogen-bond donors (Lipinski definition) is 1. The zero-order valence-electron chi connectivity index (χ0n) is 14.6. The van der Waals surface area contributed by atoms with Crippen LogP contribution in [0.4, 0.5) is 0 Å². The number of nitrogens with zero attached hydrogens (tertiary/aromatic N) is 3. The summed E-state index contributed by atoms with van der Waals surface area (Å²) >= 11 is 0. The van der Waals surface area contributed by atoms with Gasteiger partial charge in [-0.15, -0.1) is 0 Å². The Morgan fingerprint density at radius 2 is 2.11 bits per heavy atom. The van der Waals surface area contributed by atoms with Gasteiger partial charge in [0.25, 0.3) is 0 Å². The van der Waals surface area contributed by atoms with E-state index in [9.17, 15) is 5.11 Å². The monoisotopic (exact) mass is 369 g/mol. The molecule has 2 atom stereocenters. The number of aromatic nitrogens is 2. The van der Waals surface area contributed by atoms with E-state index < -0.39 is 6.10 Å². The number of ether oxygens (including phenoxy) is 2. The summed E-state index contributed by atoms with van der Waals surface area (Å²) in [5.74, 6) is 3.09. The van der Waals surface area contributed by atoms with E-state index >= 15 is 0 Å². The van der Waals surface area contributed by atoms with Crippen LogP contribution in [-0.4, -0.2) is 46.1 Å². The average Bonchev–Trinajstić information content (AvgIpc) is 3.42. The van der Waals surface area contributed by atoms with Crippen molar-refractivity contribution in [2.45, 2.75) is 25.0 Å². The van der Waals surface area contributed by atoms with Crippen LogP contribution in [0.1, 0.15) is 23.8 Å². The van der Waals surface area contributed by atoms with E-state index in [-0.39, 0.29) is 12.7 Å². The smallest absolute Gasteiger partial charge is 0.241 e. The molecule has 27 heavy (non-hydrogen) atoms. The van der Waals surface area contributed by atoms with Crippen LogP contribution in [0, 0.1) is 0 Å². The average molecular weight is 369 g/mol. The predicted molar refractivity (Wildman–Crippen MR) is 93.2 cm³/mol. The highest BCUT2D eigenvalue weighted by Gasteiger charge is 2.31. The van der Waals surface area contributed by atoms with Crippen molar-refractivity contribution in [2.75, 3.05) is 19.9 Å². The van der Waals surface area contributed by atoms with Crippen LogP contribution in [0.15, 0.2) is 45.5 Å². The van der Waals surface area contributed by atoms with E-state index in [2.05, 4.69) is 15.0 Å². The van der Waals surface area contributed by atoms with Gasteiger partial charge in [-0.1, -0.05) is 11.2 Å². The predicted octanol–water partition coefficient (Wildman–Crippen LogP) is 2.41. The molecular formula is C19H19N3O5. The number of rotatable bonds is 4. The third kappa shape index (κ3) is 3.17. The van der Waals surface area contributed by atoms with Gasteiger partial charge in [-0.2, -0.15) is 4.98 Å². The van der Waals surface area contributed by atoms with Crippen LogP contribution >= 0.6 is 0 Å². The number of aliphatic hydroxyl groups excluding tert-OH is 1. The minimum atomic E-state index is -0.480. The van der Waals surface area contributed by atoms with Gasteiger partial charge in [0.1, 0.15) is 0 Å². The van der Waals surface area contributed by atoms with Crippen LogP contribution in [0.2, 0.25) is 0 Å². The fourth-order valence-electron chi connectivity index (χ4n) is 3.69. The molecule has 1 saturated heterocycles. The molecule has 3 aromatic rings. The topological polar surface area (TPSA) is 94.0 Å². The molecule has 2 aliphatic rings. The van der Waals surface area contributed by atoms with Gasteiger partial charge in [-0.25, -0.2) is 0 Å². The van der Waals surface area contributed by atoms with Crippen LogP contribution in [-0.2, 0) is 6.54 Å². The molecule has 4 heterocycles. The number of likely N-dealkylation sites (tertiary alicyclic amines) is 1. The molecule has 1 fully saturated rings. The molecule has 0 aliphatic carbocycles. The lowest BCUT2D eigenvalue weighted by Gasteiger charge is -2.35. The van der Waals surface area contributed by atoms with Gasteiger partial charge in [0.2, 0.25) is 18.5 Å². The third-order valence-corrected chi connectivity index (χ3v) is 5.06. The van der Waals surface area contributed by atoms with Crippen molar-refractivity contribution in [3.05, 3.63) is 48.0 Å². The largest absolute Gasteiger partial charge is 0.461 e. The number of fused-ring (bicyclic) bond motifs is 1. The fourth-order valence-corrected chi connectivity index (χ4v) is 3.69. The van der Waals surface area contributed by atoms with Crippen LogP contribution < -0.4 is 9.47 Å². The Kier molecular flexibility index (Phi) is 4.06. The van der Waals surface area contributed by atoms with Crippen LogP contribution in [0.5, 0.6) is 11.5 Å². The van der Waals surface area contributed by atoms with E-state index in [4.69, 9.17) is 18.4 Å². The molecule has 8 heteroatoms. The Balaban J connectivity index is 1.24. The van der Waals surface area contributed by atoms with Crippen LogP contribution in [0.25, 0.3) is 11.6 Å². The number of hydrogen-bond acceptors (Lipinski definition) is 8. The summed E-state index contributed by atoms with van der Waals surface area (Å²) < 4.78 is 21.4. The maximum absolute atomic E-state index is 10.7. The summed E-state index contributed by atoms with van der Waals surface area (Å²) in [7, 11) is 0. The van der Waals surface area contributed by atoms with Crippen molar-refractivity contribution in [1.82, 2.24) is 15.0 Å². The van der Waals surface area contributed by atoms with Crippen molar-refractivity contribution >= 4 is 0 Å². The zero-order chi connectivity index (χ0) is 18.2. The second-order valence-electron chi connectivity index (χ2n) is 6.80. The Hall–Kier alpha value is -2.84. The van der Waals surface area contributed by atoms with Gasteiger partial charge < -0.3 is 23.5 Å². The molecule has 0 radical (unpaired) electrons. The Morgan fingerprint density at radius 1 is 1.19 bits per heavy atom. The lowest BCUT2D eigenvalue weighted by atomic mass is 9.87. The van der Waals surface area contributed by atoms with Crippen molar-refractivity contribution in [3.8, 4) is 23.1 Å². The summed E-state index contributed by atoms with van der Waals surface area (Å²) in [4.78, 5) is 6.48. The molecule has 0 amide bonds. The second kappa shape index (κ2) is 6.71. The summed E-state index contributed by atoms with van der Waals surface area (Å²) in [6.45, 7) is 2.12. The van der Waals surface area contributed by atoms with Crippen molar-refractivity contribution in [3.63, 3.8) is 0 Å². The summed E-state index contributed by atoms with van der Waals surface area (Å²) in [5.41, 5.74) is 1.07. The highest BCUT2D eigenvalue weighted by Crippen LogP contribution is 2.37. The quantitative estimate of drug-likeness (QED) is 0.749. The van der Waals surface area contributed by atoms with Gasteiger partial charge in [0, 0.05) is 12.5 Å². The highest BCUT2D eigenvalue weighted by atomic mass is 16.7. The SMILES string of the molecule is O[C@@H]1CN(Cc2nc(-c3ccco3)no2)CC[C@H]1c1ccc2c(c1)OCO2. The normalized spacial score (nSPS) is 22.3. The van der Waals surface area contributed by atoms with Crippen molar-refractivity contribution < 1.29 is 23.5 Å². The van der Waals surface area contributed by atoms with Gasteiger partial charge in [-0.3, -0.25) is 4.90 Å². The van der Waals surface area contributed by atoms with Crippen molar-refractivity contribution in [2.24, 2.45) is 0 Å². The Labute approximate surface area is 155 Å². The van der Waals surface area contributed by atoms with E-state index in [1.54, 1.807) is 18.4 Å². The van der Waals surface area contributed by atoms with E-state index in [1.165, 1.54) is 0 Å². The molecule has 8 nitrogen and oxygen atoms in total. The molecule has 140 valence electrons. The molecule has 0 saturated carbocycles. The summed E-state index contributed by atoms with van der Waals surface area (Å²) in [5, 5.41) is 14.6. The Bertz CT molecular complexity index is 923. The van der Waals surface area contributed by atoms with Gasteiger partial charge in [0.15, 0.2) is 17.3 Å². The number of β-amino-alcohol motifs (C(OH)–C–C–N with tert-alkyl or cyclic N) is 1. The molecular weight excluding hydrogens is 350 g/mol. The molecule has 1 aromatic carbocycles. The van der Waals surface area contributed by atoms with Crippen LogP contribution in [0.3, 0.4) is 0 Å². The molecule has 2 aliphatic heterocycles. The second-order valence-corrected chi connectivity index (χ2v) is 6.80. The number of furan rings is 1. The standard InChI is InChI=1S/C19H19N3O5/c23-14-9-22(10-18-20-19(21-27-18)16-2-1-7-24-16)6-5-13(14)12-3-4-15-17(8-12)26-11-25-15/h1-4,7-8,13-14,23H,5-6,9-11H2/t13-,14+/m0/s1. The summed E-state index contributed by atoms with van der Waals surface area (Å²) in [6.07, 6.45) is 1.93. The maximum atomic E-state index is 10.7. The van der Waals surface area contributed by atoms with Gasteiger partial charge in [-0.05, 0) is 42.8 Å². The number of aliphatic hydroxyl groups is 1. The first-order valence-corrected chi connectivity index (χ1v) is 8.93. The molecule has 0 spiro atoms. The highest BCUT2D eigenvalue weighted by molar-refractivity contribution is 5.46. The van der Waals surface area contributed by atoms with Gasteiger partial charge in [0.05, 0.1) is 18.9 Å². The van der Waals surface area contributed by atoms with Crippen molar-refractivity contribution in [1.29, 1.82) is 0 Å². The first-order valence-electron chi connectivity index (χ1n) is 8.93. The third-order valence-electron chi connectivity index (χ3n) is 5.06. The first-order chi connectivity index (χ1) is 13.3. The molecule has 1 N–H and O–H groups in total. The number of piperidine rings is 1. The number of benzene rings is 1. The lowest BCUT2D eigenvalue weighted by Crippen LogP contribution is -2.42. The van der Waals surface area contributed by atoms with Gasteiger partial charge >= 0.3 is 0 Å². The van der Waals surface area contributed by atoms with E-state index in [1.807, 2.05) is 18.2 Å². The molecule has 5 rings (SSSR count). The summed E-state index contributed by atoms with van der Waals surface area (Å²) in [6, 6.07) is 9.45. The molecule has 0 unspecified atom stereocenters. The van der Waals surface area contributed by atoms with E-state index in [0.29, 0.717) is 30.6 Å². The lowest BCUT2D eigenvalue weighted by molar-refractivity contribution is 0.0429. The zero-order valence-corrected chi connectivity index (χ0v) is 14.6. The Morgan fingerprint density at radius 3 is 2.96 bits per heavy atom. The van der Waals surface area contributed by atoms with E-state index in [0.717, 1.165) is 30.0 Å². The molecule has 0 bridgehead atoms. The fraction of sp³-hybridized carbons (Fsp3) is 0.368. The first kappa shape index (κ1) is 16.3.